The smallest absolute Gasteiger partial charge is 0.236 e. The number of likely N-dealkylation sites (tertiary alicyclic amines) is 1. The Morgan fingerprint density at radius 3 is 2.52 bits per heavy atom. The summed E-state index contributed by atoms with van der Waals surface area (Å²) in [6.45, 7) is 6.21. The molecule has 2 aliphatic rings. The molecular formula is C16H30N2O3. The van der Waals surface area contributed by atoms with Crippen LogP contribution >= 0.6 is 0 Å². The van der Waals surface area contributed by atoms with Crippen molar-refractivity contribution < 1.29 is 14.3 Å². The molecule has 0 atom stereocenters. The molecule has 0 bridgehead atoms. The lowest BCUT2D eigenvalue weighted by molar-refractivity contribution is -0.133. The molecule has 21 heavy (non-hydrogen) atoms. The molecule has 1 heterocycles. The van der Waals surface area contributed by atoms with Crippen LogP contribution in [0.25, 0.3) is 0 Å². The van der Waals surface area contributed by atoms with Gasteiger partial charge in [-0.1, -0.05) is 12.8 Å². The molecule has 0 aromatic heterocycles. The average Bonchev–Trinajstić information content (AvgIpc) is 3.03. The fourth-order valence-electron chi connectivity index (χ4n) is 3.16. The topological polar surface area (TPSA) is 50.8 Å². The summed E-state index contributed by atoms with van der Waals surface area (Å²) >= 11 is 0. The SMILES string of the molecule is CCOCCOC1CCN(C(=O)CNC2CCCC2)CC1. The first kappa shape index (κ1) is 16.7. The molecule has 1 aliphatic carbocycles. The van der Waals surface area contributed by atoms with Crippen molar-refractivity contribution in [1.29, 1.82) is 0 Å². The second-order valence-corrected chi connectivity index (χ2v) is 6.01. The lowest BCUT2D eigenvalue weighted by atomic mass is 10.1. The first-order chi connectivity index (χ1) is 10.3. The van der Waals surface area contributed by atoms with E-state index in [0.29, 0.717) is 25.8 Å². The zero-order valence-corrected chi connectivity index (χ0v) is 13.3. The van der Waals surface area contributed by atoms with Gasteiger partial charge in [0.05, 0.1) is 25.9 Å². The van der Waals surface area contributed by atoms with Crippen LogP contribution < -0.4 is 5.32 Å². The Morgan fingerprint density at radius 2 is 1.86 bits per heavy atom. The second kappa shape index (κ2) is 9.38. The van der Waals surface area contributed by atoms with E-state index in [1.807, 2.05) is 11.8 Å². The lowest BCUT2D eigenvalue weighted by Crippen LogP contribution is -2.46. The van der Waals surface area contributed by atoms with E-state index in [0.717, 1.165) is 32.5 Å². The maximum absolute atomic E-state index is 12.2. The summed E-state index contributed by atoms with van der Waals surface area (Å²) in [5, 5.41) is 3.40. The first-order valence-electron chi connectivity index (χ1n) is 8.50. The quantitative estimate of drug-likeness (QED) is 0.691. The van der Waals surface area contributed by atoms with Crippen LogP contribution in [0.4, 0.5) is 0 Å². The molecule has 1 aliphatic heterocycles. The third-order valence-electron chi connectivity index (χ3n) is 4.48. The van der Waals surface area contributed by atoms with Crippen molar-refractivity contribution in [2.24, 2.45) is 0 Å². The van der Waals surface area contributed by atoms with Crippen LogP contribution in [0.3, 0.4) is 0 Å². The molecule has 1 saturated carbocycles. The van der Waals surface area contributed by atoms with Crippen LogP contribution in [-0.4, -0.2) is 62.4 Å². The minimum atomic E-state index is 0.245. The molecule has 1 saturated heterocycles. The Labute approximate surface area is 128 Å². The van der Waals surface area contributed by atoms with E-state index < -0.39 is 0 Å². The lowest BCUT2D eigenvalue weighted by Gasteiger charge is -2.32. The summed E-state index contributed by atoms with van der Waals surface area (Å²) in [5.74, 6) is 0.245. The zero-order chi connectivity index (χ0) is 14.9. The van der Waals surface area contributed by atoms with Gasteiger partial charge in [0.2, 0.25) is 5.91 Å². The summed E-state index contributed by atoms with van der Waals surface area (Å²) in [4.78, 5) is 14.1. The fourth-order valence-corrected chi connectivity index (χ4v) is 3.16. The van der Waals surface area contributed by atoms with Gasteiger partial charge in [-0.2, -0.15) is 0 Å². The van der Waals surface area contributed by atoms with E-state index in [4.69, 9.17) is 9.47 Å². The van der Waals surface area contributed by atoms with Gasteiger partial charge in [-0.05, 0) is 32.6 Å². The van der Waals surface area contributed by atoms with Crippen LogP contribution in [0.5, 0.6) is 0 Å². The van der Waals surface area contributed by atoms with Crippen LogP contribution in [0.2, 0.25) is 0 Å². The molecular weight excluding hydrogens is 268 g/mol. The van der Waals surface area contributed by atoms with Gasteiger partial charge >= 0.3 is 0 Å². The normalized spacial score (nSPS) is 21.1. The van der Waals surface area contributed by atoms with E-state index in [1.54, 1.807) is 0 Å². The van der Waals surface area contributed by atoms with Crippen molar-refractivity contribution in [3.8, 4) is 0 Å². The number of hydrogen-bond donors (Lipinski definition) is 1. The second-order valence-electron chi connectivity index (χ2n) is 6.01. The molecule has 1 N–H and O–H groups in total. The van der Waals surface area contributed by atoms with Crippen LogP contribution in [-0.2, 0) is 14.3 Å². The molecule has 2 fully saturated rings. The van der Waals surface area contributed by atoms with Crippen LogP contribution in [0.15, 0.2) is 0 Å². The van der Waals surface area contributed by atoms with Gasteiger partial charge in [-0.3, -0.25) is 4.79 Å². The van der Waals surface area contributed by atoms with Gasteiger partial charge in [0, 0.05) is 25.7 Å². The Bertz CT molecular complexity index is 298. The Morgan fingerprint density at radius 1 is 1.14 bits per heavy atom. The molecule has 0 aromatic carbocycles. The molecule has 0 unspecified atom stereocenters. The number of hydrogen-bond acceptors (Lipinski definition) is 4. The minimum absolute atomic E-state index is 0.245. The van der Waals surface area contributed by atoms with Crippen molar-refractivity contribution in [3.05, 3.63) is 0 Å². The van der Waals surface area contributed by atoms with Gasteiger partial charge in [0.15, 0.2) is 0 Å². The van der Waals surface area contributed by atoms with Crippen LogP contribution in [0.1, 0.15) is 45.4 Å². The monoisotopic (exact) mass is 298 g/mol. The maximum Gasteiger partial charge on any atom is 0.236 e. The van der Waals surface area contributed by atoms with Crippen molar-refractivity contribution in [1.82, 2.24) is 10.2 Å². The van der Waals surface area contributed by atoms with Gasteiger partial charge in [-0.15, -0.1) is 0 Å². The van der Waals surface area contributed by atoms with E-state index in [2.05, 4.69) is 5.32 Å². The number of carbonyl (C=O) groups excluding carboxylic acids is 1. The first-order valence-corrected chi connectivity index (χ1v) is 8.50. The Balaban J connectivity index is 1.56. The molecule has 0 spiro atoms. The Kier molecular flexibility index (Phi) is 7.47. The maximum atomic E-state index is 12.2. The van der Waals surface area contributed by atoms with Crippen molar-refractivity contribution >= 4 is 5.91 Å². The Hall–Kier alpha value is -0.650. The summed E-state index contributed by atoms with van der Waals surface area (Å²) in [6.07, 6.45) is 7.23. The summed E-state index contributed by atoms with van der Waals surface area (Å²) in [7, 11) is 0. The van der Waals surface area contributed by atoms with Gasteiger partial charge in [0.1, 0.15) is 0 Å². The minimum Gasteiger partial charge on any atom is -0.379 e. The number of nitrogens with zero attached hydrogens (tertiary/aromatic N) is 1. The standard InChI is InChI=1S/C16H30N2O3/c1-2-20-11-12-21-15-7-9-18(10-8-15)16(19)13-17-14-5-3-4-6-14/h14-15,17H,2-13H2,1H3. The van der Waals surface area contributed by atoms with Crippen molar-refractivity contribution in [2.45, 2.75) is 57.6 Å². The van der Waals surface area contributed by atoms with Gasteiger partial charge in [0.25, 0.3) is 0 Å². The third kappa shape index (κ3) is 5.93. The molecule has 0 aromatic rings. The van der Waals surface area contributed by atoms with E-state index in [-0.39, 0.29) is 12.0 Å². The number of carbonyl (C=O) groups is 1. The van der Waals surface area contributed by atoms with Crippen molar-refractivity contribution in [2.75, 3.05) is 39.5 Å². The highest BCUT2D eigenvalue weighted by Crippen LogP contribution is 2.18. The zero-order valence-electron chi connectivity index (χ0n) is 13.3. The highest BCUT2D eigenvalue weighted by Gasteiger charge is 2.24. The number of piperidine rings is 1. The predicted molar refractivity (Wildman–Crippen MR) is 82.3 cm³/mol. The molecule has 5 heteroatoms. The van der Waals surface area contributed by atoms with E-state index >= 15 is 0 Å². The predicted octanol–water partition coefficient (Wildman–Crippen LogP) is 1.56. The molecule has 2 rings (SSSR count). The summed E-state index contributed by atoms with van der Waals surface area (Å²) in [5.41, 5.74) is 0. The highest BCUT2D eigenvalue weighted by molar-refractivity contribution is 5.78. The number of ether oxygens (including phenoxy) is 2. The molecule has 0 radical (unpaired) electrons. The number of nitrogens with one attached hydrogen (secondary N) is 1. The summed E-state index contributed by atoms with van der Waals surface area (Å²) in [6, 6.07) is 0.563. The largest absolute Gasteiger partial charge is 0.379 e. The van der Waals surface area contributed by atoms with Gasteiger partial charge in [-0.25, -0.2) is 0 Å². The molecule has 1 amide bonds. The highest BCUT2D eigenvalue weighted by atomic mass is 16.5. The third-order valence-corrected chi connectivity index (χ3v) is 4.48. The van der Waals surface area contributed by atoms with Crippen molar-refractivity contribution in [3.63, 3.8) is 0 Å². The van der Waals surface area contributed by atoms with E-state index in [9.17, 15) is 4.79 Å². The van der Waals surface area contributed by atoms with Gasteiger partial charge < -0.3 is 19.7 Å². The fraction of sp³-hybridized carbons (Fsp3) is 0.938. The number of amides is 1. The average molecular weight is 298 g/mol. The summed E-state index contributed by atoms with van der Waals surface area (Å²) < 4.78 is 11.0. The van der Waals surface area contributed by atoms with Crippen LogP contribution in [0, 0.1) is 0 Å². The molecule has 122 valence electrons. The molecule has 5 nitrogen and oxygen atoms in total. The van der Waals surface area contributed by atoms with E-state index in [1.165, 1.54) is 25.7 Å². The number of rotatable bonds is 8.